The van der Waals surface area contributed by atoms with Crippen molar-refractivity contribution in [3.05, 3.63) is 49.8 Å². The molecule has 0 spiro atoms. The third kappa shape index (κ3) is 2.28. The van der Waals surface area contributed by atoms with E-state index in [9.17, 15) is 4.79 Å². The summed E-state index contributed by atoms with van der Waals surface area (Å²) >= 11 is 9.58. The Morgan fingerprint density at radius 1 is 1.26 bits per heavy atom. The molecule has 0 radical (unpaired) electrons. The van der Waals surface area contributed by atoms with E-state index in [1.54, 1.807) is 6.07 Å². The zero-order chi connectivity index (χ0) is 13.4. The van der Waals surface area contributed by atoms with Crippen LogP contribution in [0.25, 0.3) is 5.69 Å². The van der Waals surface area contributed by atoms with Gasteiger partial charge in [-0.1, -0.05) is 36.6 Å². The van der Waals surface area contributed by atoms with Crippen molar-refractivity contribution in [2.45, 2.75) is 31.6 Å². The van der Waals surface area contributed by atoms with E-state index in [1.165, 1.54) is 17.5 Å². The number of aromatic amines is 1. The minimum Gasteiger partial charge on any atom is -0.294 e. The van der Waals surface area contributed by atoms with Crippen molar-refractivity contribution in [1.29, 1.82) is 0 Å². The fourth-order valence-corrected chi connectivity index (χ4v) is 3.53. The molecular formula is C14H14BrClN2O. The quantitative estimate of drug-likeness (QED) is 0.871. The van der Waals surface area contributed by atoms with Gasteiger partial charge in [0.2, 0.25) is 0 Å². The lowest BCUT2D eigenvalue weighted by Gasteiger charge is -2.07. The van der Waals surface area contributed by atoms with Crippen molar-refractivity contribution in [3.8, 4) is 5.69 Å². The van der Waals surface area contributed by atoms with E-state index in [1.807, 2.05) is 18.2 Å². The molecule has 0 atom stereocenters. The Labute approximate surface area is 124 Å². The lowest BCUT2D eigenvalue weighted by Crippen LogP contribution is -2.14. The number of benzene rings is 1. The van der Waals surface area contributed by atoms with Crippen LogP contribution >= 0.6 is 27.5 Å². The highest BCUT2D eigenvalue weighted by Gasteiger charge is 2.24. The van der Waals surface area contributed by atoms with Crippen molar-refractivity contribution < 1.29 is 0 Å². The third-order valence-electron chi connectivity index (χ3n) is 3.72. The molecule has 0 bridgehead atoms. The van der Waals surface area contributed by atoms with Gasteiger partial charge in [-0.25, -0.2) is 4.68 Å². The second-order valence-corrected chi connectivity index (χ2v) is 6.11. The zero-order valence-corrected chi connectivity index (χ0v) is 12.7. The predicted octanol–water partition coefficient (Wildman–Crippen LogP) is 4.24. The summed E-state index contributed by atoms with van der Waals surface area (Å²) in [7, 11) is 0. The van der Waals surface area contributed by atoms with Gasteiger partial charge in [-0.05, 0) is 40.9 Å². The number of aromatic nitrogens is 2. The largest absolute Gasteiger partial charge is 0.294 e. The van der Waals surface area contributed by atoms with E-state index in [0.717, 1.165) is 18.5 Å². The first-order chi connectivity index (χ1) is 9.18. The van der Waals surface area contributed by atoms with Gasteiger partial charge < -0.3 is 0 Å². The van der Waals surface area contributed by atoms with Crippen molar-refractivity contribution in [2.24, 2.45) is 0 Å². The van der Waals surface area contributed by atoms with E-state index in [-0.39, 0.29) is 5.56 Å². The Morgan fingerprint density at radius 3 is 2.63 bits per heavy atom. The number of nitrogens with zero attached hydrogens (tertiary/aromatic N) is 1. The average Bonchev–Trinajstić information content (AvgIpc) is 3.02. The highest BCUT2D eigenvalue weighted by atomic mass is 79.9. The molecule has 100 valence electrons. The van der Waals surface area contributed by atoms with Gasteiger partial charge in [-0.2, -0.15) is 0 Å². The van der Waals surface area contributed by atoms with Crippen molar-refractivity contribution in [2.75, 3.05) is 0 Å². The van der Waals surface area contributed by atoms with Crippen LogP contribution in [0.1, 0.15) is 37.3 Å². The molecule has 1 aliphatic rings. The molecule has 1 saturated carbocycles. The fraction of sp³-hybridized carbons (Fsp3) is 0.357. The fourth-order valence-electron chi connectivity index (χ4n) is 2.72. The summed E-state index contributed by atoms with van der Waals surface area (Å²) in [6, 6.07) is 7.35. The Hall–Kier alpha value is -1.00. The van der Waals surface area contributed by atoms with Crippen molar-refractivity contribution >= 4 is 27.5 Å². The van der Waals surface area contributed by atoms with Gasteiger partial charge in [-0.15, -0.1) is 0 Å². The molecule has 5 heteroatoms. The Balaban J connectivity index is 2.11. The van der Waals surface area contributed by atoms with E-state index in [4.69, 9.17) is 11.6 Å². The molecule has 0 aliphatic heterocycles. The van der Waals surface area contributed by atoms with E-state index in [2.05, 4.69) is 21.0 Å². The molecule has 0 amide bonds. The first kappa shape index (κ1) is 13.0. The Kier molecular flexibility index (Phi) is 3.54. The maximum Gasteiger partial charge on any atom is 0.285 e. The first-order valence-electron chi connectivity index (χ1n) is 6.44. The van der Waals surface area contributed by atoms with Crippen molar-refractivity contribution in [3.63, 3.8) is 0 Å². The summed E-state index contributed by atoms with van der Waals surface area (Å²) in [4.78, 5) is 12.3. The molecule has 0 unspecified atom stereocenters. The summed E-state index contributed by atoms with van der Waals surface area (Å²) in [5.74, 6) is 0.450. The first-order valence-corrected chi connectivity index (χ1v) is 7.61. The molecule has 1 heterocycles. The number of rotatable bonds is 2. The molecule has 3 rings (SSSR count). The smallest absolute Gasteiger partial charge is 0.285 e. The van der Waals surface area contributed by atoms with Crippen LogP contribution in [-0.2, 0) is 0 Å². The zero-order valence-electron chi connectivity index (χ0n) is 10.3. The van der Waals surface area contributed by atoms with Gasteiger partial charge in [0.05, 0.1) is 16.4 Å². The molecule has 3 nitrogen and oxygen atoms in total. The molecule has 1 N–H and O–H groups in total. The number of H-pyrrole nitrogens is 1. The molecular weight excluding hydrogens is 328 g/mol. The topological polar surface area (TPSA) is 37.8 Å². The summed E-state index contributed by atoms with van der Waals surface area (Å²) in [5.41, 5.74) is 1.62. The standard InChI is InChI=1S/C14H14BrClN2O/c15-12-13(9-5-1-2-6-9)17-18(14(12)19)11-8-4-3-7-10(11)16/h3-4,7-9,17H,1-2,5-6H2. The van der Waals surface area contributed by atoms with E-state index in [0.29, 0.717) is 21.1 Å². The SMILES string of the molecule is O=c1c(Br)c(C2CCCC2)[nH]n1-c1ccccc1Cl. The number of halogens is 2. The van der Waals surface area contributed by atoms with Gasteiger partial charge in [-0.3, -0.25) is 9.89 Å². The molecule has 1 aromatic carbocycles. The van der Waals surface area contributed by atoms with Crippen LogP contribution in [0.5, 0.6) is 0 Å². The second-order valence-electron chi connectivity index (χ2n) is 4.91. The minimum absolute atomic E-state index is 0.0741. The number of hydrogen-bond acceptors (Lipinski definition) is 1. The van der Waals surface area contributed by atoms with Gasteiger partial charge in [0.25, 0.3) is 5.56 Å². The molecule has 1 aliphatic carbocycles. The third-order valence-corrected chi connectivity index (χ3v) is 4.80. The molecule has 19 heavy (non-hydrogen) atoms. The van der Waals surface area contributed by atoms with Crippen LogP contribution in [0.15, 0.2) is 33.5 Å². The summed E-state index contributed by atoms with van der Waals surface area (Å²) in [6.07, 6.45) is 4.75. The number of para-hydroxylation sites is 1. The van der Waals surface area contributed by atoms with Gasteiger partial charge in [0.1, 0.15) is 4.47 Å². The number of hydrogen-bond donors (Lipinski definition) is 1. The highest BCUT2D eigenvalue weighted by Crippen LogP contribution is 2.36. The van der Waals surface area contributed by atoms with Crippen LogP contribution in [0.3, 0.4) is 0 Å². The summed E-state index contributed by atoms with van der Waals surface area (Å²) in [5, 5.41) is 3.79. The van der Waals surface area contributed by atoms with Gasteiger partial charge in [0.15, 0.2) is 0 Å². The van der Waals surface area contributed by atoms with E-state index < -0.39 is 0 Å². The maximum atomic E-state index is 12.3. The minimum atomic E-state index is -0.0741. The Bertz CT molecular complexity index is 656. The number of nitrogens with one attached hydrogen (secondary N) is 1. The van der Waals surface area contributed by atoms with Crippen LogP contribution in [0, 0.1) is 0 Å². The summed E-state index contributed by atoms with van der Waals surface area (Å²) < 4.78 is 2.17. The van der Waals surface area contributed by atoms with Gasteiger partial charge in [0, 0.05) is 5.92 Å². The molecule has 1 aromatic heterocycles. The monoisotopic (exact) mass is 340 g/mol. The average molecular weight is 342 g/mol. The van der Waals surface area contributed by atoms with E-state index >= 15 is 0 Å². The lowest BCUT2D eigenvalue weighted by molar-refractivity contribution is 0.675. The van der Waals surface area contributed by atoms with Crippen molar-refractivity contribution in [1.82, 2.24) is 9.78 Å². The van der Waals surface area contributed by atoms with Crippen LogP contribution in [0.2, 0.25) is 5.02 Å². The molecule has 1 fully saturated rings. The lowest BCUT2D eigenvalue weighted by atomic mass is 10.1. The molecule has 2 aromatic rings. The summed E-state index contributed by atoms with van der Waals surface area (Å²) in [6.45, 7) is 0. The van der Waals surface area contributed by atoms with Crippen LogP contribution in [0.4, 0.5) is 0 Å². The maximum absolute atomic E-state index is 12.3. The second kappa shape index (κ2) is 5.17. The molecule has 0 saturated heterocycles. The van der Waals surface area contributed by atoms with Crippen LogP contribution < -0.4 is 5.56 Å². The van der Waals surface area contributed by atoms with Gasteiger partial charge >= 0.3 is 0 Å². The van der Waals surface area contributed by atoms with Crippen LogP contribution in [-0.4, -0.2) is 9.78 Å². The highest BCUT2D eigenvalue weighted by molar-refractivity contribution is 9.10. The Morgan fingerprint density at radius 2 is 1.95 bits per heavy atom. The normalized spacial score (nSPS) is 16.1. The predicted molar refractivity (Wildman–Crippen MR) is 80.3 cm³/mol.